The van der Waals surface area contributed by atoms with Gasteiger partial charge in [0.25, 0.3) is 0 Å². The summed E-state index contributed by atoms with van der Waals surface area (Å²) in [5.41, 5.74) is 0. The summed E-state index contributed by atoms with van der Waals surface area (Å²) < 4.78 is 6.70. The average molecular weight is 302 g/mol. The zero-order valence-electron chi connectivity index (χ0n) is 11.8. The van der Waals surface area contributed by atoms with Crippen molar-refractivity contribution in [1.29, 1.82) is 0 Å². The molecule has 1 aliphatic rings. The van der Waals surface area contributed by atoms with Crippen LogP contribution in [0.2, 0.25) is 0 Å². The van der Waals surface area contributed by atoms with E-state index in [1.807, 2.05) is 19.0 Å². The number of nitrogens with one attached hydrogen (secondary N) is 1. The topological polar surface area (TPSA) is 50.3 Å². The second-order valence-electron chi connectivity index (χ2n) is 4.89. The van der Waals surface area contributed by atoms with Crippen LogP contribution >= 0.6 is 23.1 Å². The predicted molar refractivity (Wildman–Crippen MR) is 81.4 cm³/mol. The Morgan fingerprint density at radius 1 is 1.53 bits per heavy atom. The van der Waals surface area contributed by atoms with Gasteiger partial charge in [-0.15, -0.1) is 10.2 Å². The molecule has 2 rings (SSSR count). The highest BCUT2D eigenvalue weighted by atomic mass is 32.2. The molecule has 1 saturated heterocycles. The van der Waals surface area contributed by atoms with E-state index >= 15 is 0 Å². The fraction of sp³-hybridized carbons (Fsp3) is 0.833. The number of nitrogens with zero attached hydrogens (tertiary/aromatic N) is 3. The molecule has 1 aromatic rings. The summed E-state index contributed by atoms with van der Waals surface area (Å²) >= 11 is 3.40. The first-order valence-electron chi connectivity index (χ1n) is 6.65. The van der Waals surface area contributed by atoms with Gasteiger partial charge < -0.3 is 15.0 Å². The molecule has 1 fully saturated rings. The van der Waals surface area contributed by atoms with Gasteiger partial charge in [-0.3, -0.25) is 0 Å². The molecule has 5 nitrogen and oxygen atoms in total. The Balaban J connectivity index is 1.63. The Morgan fingerprint density at radius 3 is 3.00 bits per heavy atom. The molecule has 1 N–H and O–H groups in total. The van der Waals surface area contributed by atoms with Gasteiger partial charge in [0.05, 0.1) is 6.10 Å². The van der Waals surface area contributed by atoms with Crippen LogP contribution in [-0.2, 0) is 4.74 Å². The van der Waals surface area contributed by atoms with Gasteiger partial charge in [-0.05, 0) is 19.8 Å². The third kappa shape index (κ3) is 4.59. The van der Waals surface area contributed by atoms with Crippen molar-refractivity contribution in [1.82, 2.24) is 15.5 Å². The Labute approximate surface area is 123 Å². The Kier molecular flexibility index (Phi) is 5.87. The lowest BCUT2D eigenvalue weighted by atomic mass is 10.1. The zero-order valence-corrected chi connectivity index (χ0v) is 13.4. The van der Waals surface area contributed by atoms with Crippen LogP contribution in [0, 0.1) is 0 Å². The maximum absolute atomic E-state index is 5.66. The van der Waals surface area contributed by atoms with E-state index in [0.29, 0.717) is 12.1 Å². The molecule has 0 bridgehead atoms. The molecule has 0 spiro atoms. The third-order valence-corrected chi connectivity index (χ3v) is 5.32. The van der Waals surface area contributed by atoms with Crippen molar-refractivity contribution in [3.63, 3.8) is 0 Å². The van der Waals surface area contributed by atoms with Crippen LogP contribution in [-0.4, -0.2) is 55.3 Å². The van der Waals surface area contributed by atoms with Crippen molar-refractivity contribution in [3.8, 4) is 0 Å². The van der Waals surface area contributed by atoms with Gasteiger partial charge in [0.15, 0.2) is 4.34 Å². The van der Waals surface area contributed by atoms with Crippen LogP contribution in [0.15, 0.2) is 4.34 Å². The minimum absolute atomic E-state index is 0.395. The van der Waals surface area contributed by atoms with E-state index in [2.05, 4.69) is 22.4 Å². The summed E-state index contributed by atoms with van der Waals surface area (Å²) in [7, 11) is 3.97. The molecule has 7 heteroatoms. The van der Waals surface area contributed by atoms with E-state index in [1.165, 1.54) is 12.8 Å². The lowest BCUT2D eigenvalue weighted by molar-refractivity contribution is 0.0844. The smallest absolute Gasteiger partial charge is 0.208 e. The Morgan fingerprint density at radius 2 is 2.37 bits per heavy atom. The minimum atomic E-state index is 0.395. The second kappa shape index (κ2) is 7.42. The van der Waals surface area contributed by atoms with Crippen molar-refractivity contribution in [2.45, 2.75) is 36.3 Å². The normalized spacial score (nSPS) is 20.7. The standard InChI is InChI=1S/C12H22N4OS2/c1-9(10-5-4-7-17-10)13-6-8-18-12-15-14-11(19-12)16(2)3/h9-10,13H,4-8H2,1-3H3. The van der Waals surface area contributed by atoms with Gasteiger partial charge in [0.1, 0.15) is 0 Å². The highest BCUT2D eigenvalue weighted by Crippen LogP contribution is 2.26. The van der Waals surface area contributed by atoms with E-state index in [0.717, 1.165) is 28.4 Å². The van der Waals surface area contributed by atoms with Gasteiger partial charge in [0.2, 0.25) is 5.13 Å². The Hall–Kier alpha value is -0.370. The van der Waals surface area contributed by atoms with Gasteiger partial charge >= 0.3 is 0 Å². The Bertz CT molecular complexity index is 380. The lowest BCUT2D eigenvalue weighted by Crippen LogP contribution is -2.38. The molecule has 0 aliphatic carbocycles. The monoisotopic (exact) mass is 302 g/mol. The number of aromatic nitrogens is 2. The first kappa shape index (κ1) is 15.0. The number of ether oxygens (including phenoxy) is 1. The molecule has 2 atom stereocenters. The van der Waals surface area contributed by atoms with Crippen molar-refractivity contribution in [2.75, 3.05) is 37.9 Å². The van der Waals surface area contributed by atoms with Crippen LogP contribution in [0.3, 0.4) is 0 Å². The molecule has 0 saturated carbocycles. The number of anilines is 1. The molecule has 0 aromatic carbocycles. The zero-order chi connectivity index (χ0) is 13.7. The molecule has 2 unspecified atom stereocenters. The quantitative estimate of drug-likeness (QED) is 0.613. The van der Waals surface area contributed by atoms with Crippen LogP contribution in [0.1, 0.15) is 19.8 Å². The molecular formula is C12H22N4OS2. The summed E-state index contributed by atoms with van der Waals surface area (Å²) in [5.74, 6) is 1.01. The van der Waals surface area contributed by atoms with E-state index in [1.54, 1.807) is 23.1 Å². The number of rotatable bonds is 7. The number of hydrogen-bond donors (Lipinski definition) is 1. The van der Waals surface area contributed by atoms with Gasteiger partial charge in [-0.25, -0.2) is 0 Å². The van der Waals surface area contributed by atoms with Crippen LogP contribution in [0.4, 0.5) is 5.13 Å². The minimum Gasteiger partial charge on any atom is -0.377 e. The highest BCUT2D eigenvalue weighted by molar-refractivity contribution is 8.01. The molecular weight excluding hydrogens is 280 g/mol. The van der Waals surface area contributed by atoms with Crippen LogP contribution < -0.4 is 10.2 Å². The number of thioether (sulfide) groups is 1. The molecule has 108 valence electrons. The third-order valence-electron chi connectivity index (χ3n) is 3.09. The molecule has 0 amide bonds. The van der Waals surface area contributed by atoms with Gasteiger partial charge in [0, 0.05) is 39.0 Å². The first-order valence-corrected chi connectivity index (χ1v) is 8.45. The largest absolute Gasteiger partial charge is 0.377 e. The molecule has 1 aromatic heterocycles. The first-order chi connectivity index (χ1) is 9.16. The van der Waals surface area contributed by atoms with E-state index < -0.39 is 0 Å². The predicted octanol–water partition coefficient (Wildman–Crippen LogP) is 1.85. The maximum Gasteiger partial charge on any atom is 0.208 e. The van der Waals surface area contributed by atoms with Gasteiger partial charge in [-0.2, -0.15) is 0 Å². The highest BCUT2D eigenvalue weighted by Gasteiger charge is 2.21. The van der Waals surface area contributed by atoms with E-state index in [9.17, 15) is 0 Å². The number of hydrogen-bond acceptors (Lipinski definition) is 7. The second-order valence-corrected chi connectivity index (χ2v) is 7.19. The lowest BCUT2D eigenvalue weighted by Gasteiger charge is -2.19. The summed E-state index contributed by atoms with van der Waals surface area (Å²) in [5, 5.41) is 12.8. The van der Waals surface area contributed by atoms with Gasteiger partial charge in [-0.1, -0.05) is 23.1 Å². The van der Waals surface area contributed by atoms with E-state index in [-0.39, 0.29) is 0 Å². The van der Waals surface area contributed by atoms with Crippen molar-refractivity contribution < 1.29 is 4.74 Å². The summed E-state index contributed by atoms with van der Waals surface area (Å²) in [6, 6.07) is 0.440. The van der Waals surface area contributed by atoms with Crippen LogP contribution in [0.5, 0.6) is 0 Å². The fourth-order valence-electron chi connectivity index (χ4n) is 1.99. The fourth-order valence-corrected chi connectivity index (χ4v) is 3.70. The molecule has 19 heavy (non-hydrogen) atoms. The van der Waals surface area contributed by atoms with Crippen LogP contribution in [0.25, 0.3) is 0 Å². The average Bonchev–Trinajstić information content (AvgIpc) is 3.05. The molecule has 2 heterocycles. The summed E-state index contributed by atoms with van der Waals surface area (Å²) in [6.07, 6.45) is 2.78. The summed E-state index contributed by atoms with van der Waals surface area (Å²) in [4.78, 5) is 1.99. The maximum atomic E-state index is 5.66. The van der Waals surface area contributed by atoms with E-state index in [4.69, 9.17) is 4.74 Å². The van der Waals surface area contributed by atoms with Crippen molar-refractivity contribution >= 4 is 28.2 Å². The van der Waals surface area contributed by atoms with Crippen molar-refractivity contribution in [3.05, 3.63) is 0 Å². The molecule has 1 aliphatic heterocycles. The summed E-state index contributed by atoms with van der Waals surface area (Å²) in [6.45, 7) is 4.10. The molecule has 0 radical (unpaired) electrons. The SMILES string of the molecule is CC(NCCSc1nnc(N(C)C)s1)C1CCCO1. The van der Waals surface area contributed by atoms with Crippen molar-refractivity contribution in [2.24, 2.45) is 0 Å².